The van der Waals surface area contributed by atoms with Gasteiger partial charge in [0.25, 0.3) is 5.91 Å². The van der Waals surface area contributed by atoms with Gasteiger partial charge in [-0.1, -0.05) is 17.7 Å². The molecule has 2 N–H and O–H groups in total. The highest BCUT2D eigenvalue weighted by molar-refractivity contribution is 7.89. The fourth-order valence-corrected chi connectivity index (χ4v) is 3.28. The summed E-state index contributed by atoms with van der Waals surface area (Å²) in [6, 6.07) is 8.07. The Bertz CT molecular complexity index is 978. The van der Waals surface area contributed by atoms with Crippen LogP contribution in [0.25, 0.3) is 0 Å². The molecule has 0 aliphatic heterocycles. The van der Waals surface area contributed by atoms with Gasteiger partial charge < -0.3 is 9.47 Å². The highest BCUT2D eigenvalue weighted by atomic mass is 35.5. The first-order chi connectivity index (χ1) is 13.3. The van der Waals surface area contributed by atoms with Crippen LogP contribution in [0, 0.1) is 5.82 Å². The van der Waals surface area contributed by atoms with Gasteiger partial charge in [0.15, 0.2) is 11.5 Å². The summed E-state index contributed by atoms with van der Waals surface area (Å²) in [5, 5.41) is 3.68. The van der Waals surface area contributed by atoms with Crippen molar-refractivity contribution < 1.29 is 27.1 Å². The number of methoxy groups -OCH3 is 2. The maximum absolute atomic E-state index is 13.6. The monoisotopic (exact) mass is 429 g/mol. The number of carbonyl (C=O) groups excluding carboxylic acids is 1. The Hall–Kier alpha value is -2.69. The Morgan fingerprint density at radius 1 is 1.21 bits per heavy atom. The molecular formula is C17H17ClFN3O5S. The number of hydrogen-bond acceptors (Lipinski definition) is 6. The lowest BCUT2D eigenvalue weighted by molar-refractivity contribution is -0.119. The normalized spacial score (nSPS) is 11.4. The van der Waals surface area contributed by atoms with Crippen LogP contribution in [0.1, 0.15) is 5.56 Å². The van der Waals surface area contributed by atoms with E-state index >= 15 is 0 Å². The first kappa shape index (κ1) is 21.6. The van der Waals surface area contributed by atoms with Gasteiger partial charge in [0.05, 0.1) is 36.9 Å². The molecule has 0 atom stereocenters. The van der Waals surface area contributed by atoms with Gasteiger partial charge in [-0.2, -0.15) is 5.10 Å². The highest BCUT2D eigenvalue weighted by Gasteiger charge is 2.18. The SMILES string of the molecule is COc1ccc(S(=O)(=O)NCC(=O)N/N=C\c2c(F)cccc2Cl)cc1OC. The number of carbonyl (C=O) groups is 1. The summed E-state index contributed by atoms with van der Waals surface area (Å²) >= 11 is 5.83. The zero-order valence-electron chi connectivity index (χ0n) is 14.9. The minimum atomic E-state index is -3.98. The molecule has 0 aliphatic rings. The number of hydrogen-bond donors (Lipinski definition) is 2. The van der Waals surface area contributed by atoms with E-state index in [1.165, 1.54) is 50.6 Å². The second kappa shape index (κ2) is 9.49. The van der Waals surface area contributed by atoms with Gasteiger partial charge in [0.2, 0.25) is 10.0 Å². The first-order valence-corrected chi connectivity index (χ1v) is 9.62. The van der Waals surface area contributed by atoms with Crippen molar-refractivity contribution in [3.63, 3.8) is 0 Å². The highest BCUT2D eigenvalue weighted by Crippen LogP contribution is 2.29. The van der Waals surface area contributed by atoms with E-state index in [2.05, 4.69) is 15.2 Å². The van der Waals surface area contributed by atoms with Crippen molar-refractivity contribution in [2.45, 2.75) is 4.90 Å². The Balaban J connectivity index is 1.99. The standard InChI is InChI=1S/C17H17ClFN3O5S/c1-26-15-7-6-11(8-16(15)27-2)28(24,25)21-10-17(23)22-20-9-12-13(18)4-3-5-14(12)19/h3-9,21H,10H2,1-2H3,(H,22,23)/b20-9-. The fourth-order valence-electron chi connectivity index (χ4n) is 2.07. The summed E-state index contributed by atoms with van der Waals surface area (Å²) in [5.41, 5.74) is 2.08. The molecule has 0 saturated carbocycles. The van der Waals surface area contributed by atoms with E-state index in [9.17, 15) is 17.6 Å². The molecule has 0 aromatic heterocycles. The van der Waals surface area contributed by atoms with Crippen molar-refractivity contribution in [3.8, 4) is 11.5 Å². The molecule has 150 valence electrons. The molecule has 0 fully saturated rings. The number of sulfonamides is 1. The third kappa shape index (κ3) is 5.41. The lowest BCUT2D eigenvalue weighted by atomic mass is 10.2. The van der Waals surface area contributed by atoms with E-state index in [0.717, 1.165) is 6.21 Å². The number of hydrazone groups is 1. The predicted octanol–water partition coefficient (Wildman–Crippen LogP) is 1.92. The van der Waals surface area contributed by atoms with Gasteiger partial charge in [-0.05, 0) is 24.3 Å². The van der Waals surface area contributed by atoms with Gasteiger partial charge in [0, 0.05) is 11.6 Å². The van der Waals surface area contributed by atoms with Crippen LogP contribution in [0.5, 0.6) is 11.5 Å². The summed E-state index contributed by atoms with van der Waals surface area (Å²) in [6.07, 6.45) is 1.03. The quantitative estimate of drug-likeness (QED) is 0.492. The molecule has 28 heavy (non-hydrogen) atoms. The van der Waals surface area contributed by atoms with Gasteiger partial charge >= 0.3 is 0 Å². The number of amides is 1. The molecule has 2 aromatic carbocycles. The topological polar surface area (TPSA) is 106 Å². The molecule has 11 heteroatoms. The molecule has 0 radical (unpaired) electrons. The van der Waals surface area contributed by atoms with Crippen molar-refractivity contribution in [1.82, 2.24) is 10.1 Å². The fraction of sp³-hybridized carbons (Fsp3) is 0.176. The Morgan fingerprint density at radius 2 is 1.93 bits per heavy atom. The van der Waals surface area contributed by atoms with E-state index in [4.69, 9.17) is 21.1 Å². The zero-order chi connectivity index (χ0) is 20.7. The zero-order valence-corrected chi connectivity index (χ0v) is 16.5. The molecule has 0 saturated heterocycles. The molecule has 0 spiro atoms. The molecular weight excluding hydrogens is 413 g/mol. The molecule has 0 unspecified atom stereocenters. The Labute approximate surface area is 166 Å². The van der Waals surface area contributed by atoms with Crippen molar-refractivity contribution in [2.75, 3.05) is 20.8 Å². The second-order valence-corrected chi connectivity index (χ2v) is 7.44. The van der Waals surface area contributed by atoms with Crippen LogP contribution in [0.3, 0.4) is 0 Å². The molecule has 2 rings (SSSR count). The molecule has 0 heterocycles. The minimum absolute atomic E-state index is 0.00428. The van der Waals surface area contributed by atoms with Crippen LogP contribution in [0.15, 0.2) is 46.4 Å². The summed E-state index contributed by atoms with van der Waals surface area (Å²) < 4.78 is 50.4. The number of benzene rings is 2. The Morgan fingerprint density at radius 3 is 2.57 bits per heavy atom. The maximum Gasteiger partial charge on any atom is 0.255 e. The van der Waals surface area contributed by atoms with E-state index in [1.807, 2.05) is 0 Å². The van der Waals surface area contributed by atoms with Gasteiger partial charge in [0.1, 0.15) is 5.82 Å². The number of nitrogens with one attached hydrogen (secondary N) is 2. The van der Waals surface area contributed by atoms with Crippen molar-refractivity contribution in [2.24, 2.45) is 5.10 Å². The summed E-state index contributed by atoms with van der Waals surface area (Å²) in [4.78, 5) is 11.7. The minimum Gasteiger partial charge on any atom is -0.493 e. The van der Waals surface area contributed by atoms with Crippen molar-refractivity contribution >= 4 is 33.7 Å². The largest absolute Gasteiger partial charge is 0.493 e. The number of nitrogens with zero attached hydrogens (tertiary/aromatic N) is 1. The van der Waals surface area contributed by atoms with Crippen LogP contribution in [-0.4, -0.2) is 41.3 Å². The van der Waals surface area contributed by atoms with E-state index in [1.54, 1.807) is 0 Å². The van der Waals surface area contributed by atoms with Crippen molar-refractivity contribution in [3.05, 3.63) is 52.8 Å². The van der Waals surface area contributed by atoms with Crippen LogP contribution >= 0.6 is 11.6 Å². The number of halogens is 2. The summed E-state index contributed by atoms with van der Waals surface area (Å²) in [6.45, 7) is -0.584. The van der Waals surface area contributed by atoms with E-state index < -0.39 is 28.3 Å². The third-order valence-corrected chi connectivity index (χ3v) is 5.20. The number of ether oxygens (including phenoxy) is 2. The van der Waals surface area contributed by atoms with Crippen molar-refractivity contribution in [1.29, 1.82) is 0 Å². The Kier molecular flexibility index (Phi) is 7.32. The van der Waals surface area contributed by atoms with Gasteiger partial charge in [-0.25, -0.2) is 23.0 Å². The predicted molar refractivity (Wildman–Crippen MR) is 102 cm³/mol. The molecule has 2 aromatic rings. The number of rotatable bonds is 8. The molecule has 8 nitrogen and oxygen atoms in total. The molecule has 0 aliphatic carbocycles. The van der Waals surface area contributed by atoms with Crippen LogP contribution in [0.4, 0.5) is 4.39 Å². The van der Waals surface area contributed by atoms with Crippen LogP contribution < -0.4 is 19.6 Å². The lowest BCUT2D eigenvalue weighted by Crippen LogP contribution is -2.35. The van der Waals surface area contributed by atoms with E-state index in [-0.39, 0.29) is 21.2 Å². The average molecular weight is 430 g/mol. The van der Waals surface area contributed by atoms with Gasteiger partial charge in [-0.3, -0.25) is 4.79 Å². The van der Waals surface area contributed by atoms with Gasteiger partial charge in [-0.15, -0.1) is 0 Å². The first-order valence-electron chi connectivity index (χ1n) is 7.76. The van der Waals surface area contributed by atoms with E-state index in [0.29, 0.717) is 5.75 Å². The van der Waals surface area contributed by atoms with Crippen LogP contribution in [-0.2, 0) is 14.8 Å². The van der Waals surface area contributed by atoms with Crippen LogP contribution in [0.2, 0.25) is 5.02 Å². The average Bonchev–Trinajstić information content (AvgIpc) is 2.68. The smallest absolute Gasteiger partial charge is 0.255 e. The summed E-state index contributed by atoms with van der Waals surface area (Å²) in [5.74, 6) is -0.783. The maximum atomic E-state index is 13.6. The third-order valence-electron chi connectivity index (χ3n) is 3.47. The molecule has 0 bridgehead atoms. The molecule has 1 amide bonds. The summed E-state index contributed by atoms with van der Waals surface area (Å²) in [7, 11) is -1.19. The second-order valence-electron chi connectivity index (χ2n) is 5.27. The lowest BCUT2D eigenvalue weighted by Gasteiger charge is -2.10.